The zero-order valence-electron chi connectivity index (χ0n) is 11.9. The molecule has 0 fully saturated rings. The molecular weight excluding hydrogens is 306 g/mol. The monoisotopic (exact) mass is 323 g/mol. The molecule has 2 atom stereocenters. The van der Waals surface area contributed by atoms with Crippen LogP contribution in [0.15, 0.2) is 24.3 Å². The molecule has 0 radical (unpaired) electrons. The van der Waals surface area contributed by atoms with Crippen molar-refractivity contribution in [3.05, 3.63) is 35.6 Å². The lowest BCUT2D eigenvalue weighted by Gasteiger charge is -2.18. The van der Waals surface area contributed by atoms with Gasteiger partial charge in [0, 0.05) is 6.04 Å². The second-order valence-corrected chi connectivity index (χ2v) is 4.88. The van der Waals surface area contributed by atoms with E-state index in [1.807, 2.05) is 0 Å². The Bertz CT molecular complexity index is 476. The van der Waals surface area contributed by atoms with Crippen molar-refractivity contribution in [1.29, 1.82) is 0 Å². The van der Waals surface area contributed by atoms with Crippen molar-refractivity contribution in [3.8, 4) is 0 Å². The van der Waals surface area contributed by atoms with Crippen LogP contribution in [0.2, 0.25) is 0 Å². The first-order chi connectivity index (χ1) is 10.2. The number of carbonyl (C=O) groups is 1. The summed E-state index contributed by atoms with van der Waals surface area (Å²) in [5, 5.41) is 12.3. The van der Waals surface area contributed by atoms with E-state index in [0.29, 0.717) is 5.56 Å². The molecule has 0 aliphatic carbocycles. The summed E-state index contributed by atoms with van der Waals surface area (Å²) in [5.41, 5.74) is 0.482. The Balaban J connectivity index is 2.34. The molecule has 2 N–H and O–H groups in total. The number of hydrogen-bond acceptors (Lipinski definition) is 3. The van der Waals surface area contributed by atoms with E-state index >= 15 is 0 Å². The second-order valence-electron chi connectivity index (χ2n) is 4.88. The molecule has 124 valence electrons. The van der Waals surface area contributed by atoms with Crippen LogP contribution in [0.4, 0.5) is 17.6 Å². The number of aliphatic hydroxyl groups excluding tert-OH is 1. The zero-order chi connectivity index (χ0) is 16.8. The lowest BCUT2D eigenvalue weighted by atomic mass is 10.0. The Morgan fingerprint density at radius 2 is 1.91 bits per heavy atom. The van der Waals surface area contributed by atoms with Gasteiger partial charge in [-0.05, 0) is 31.0 Å². The quantitative estimate of drug-likeness (QED) is 0.757. The van der Waals surface area contributed by atoms with Gasteiger partial charge in [-0.1, -0.05) is 12.1 Å². The fraction of sp³-hybridized carbons (Fsp3) is 0.500. The number of aliphatic hydroxyl groups is 1. The molecular formula is C14H17F4NO3. The van der Waals surface area contributed by atoms with Crippen LogP contribution < -0.4 is 5.32 Å². The molecule has 0 saturated heterocycles. The molecule has 0 heterocycles. The standard InChI is InChI=1S/C14H17F4NO3/c1-9(19-13(21)7-22-8-14(16,17)18)6-12(20)10-2-4-11(15)5-3-10/h2-5,9,12,20H,6-8H2,1H3,(H,19,21). The number of halogens is 4. The summed E-state index contributed by atoms with van der Waals surface area (Å²) in [6, 6.07) is 4.75. The SMILES string of the molecule is CC(CC(O)c1ccc(F)cc1)NC(=O)COCC(F)(F)F. The van der Waals surface area contributed by atoms with Crippen molar-refractivity contribution in [2.75, 3.05) is 13.2 Å². The van der Waals surface area contributed by atoms with Gasteiger partial charge in [0.05, 0.1) is 6.10 Å². The molecule has 4 nitrogen and oxygen atoms in total. The molecule has 1 aromatic carbocycles. The predicted octanol–water partition coefficient (Wildman–Crippen LogP) is 2.33. The van der Waals surface area contributed by atoms with E-state index in [-0.39, 0.29) is 6.42 Å². The van der Waals surface area contributed by atoms with Crippen molar-refractivity contribution in [2.24, 2.45) is 0 Å². The number of amides is 1. The van der Waals surface area contributed by atoms with Gasteiger partial charge in [-0.25, -0.2) is 4.39 Å². The van der Waals surface area contributed by atoms with Gasteiger partial charge in [-0.15, -0.1) is 0 Å². The van der Waals surface area contributed by atoms with Crippen LogP contribution in [0.5, 0.6) is 0 Å². The molecule has 1 aromatic rings. The lowest BCUT2D eigenvalue weighted by Crippen LogP contribution is -2.37. The summed E-state index contributed by atoms with van der Waals surface area (Å²) >= 11 is 0. The number of rotatable bonds is 7. The number of nitrogens with one attached hydrogen (secondary N) is 1. The molecule has 1 rings (SSSR count). The highest BCUT2D eigenvalue weighted by atomic mass is 19.4. The van der Waals surface area contributed by atoms with Gasteiger partial charge < -0.3 is 15.2 Å². The summed E-state index contributed by atoms with van der Waals surface area (Å²) in [5.74, 6) is -1.14. The Morgan fingerprint density at radius 1 is 1.32 bits per heavy atom. The van der Waals surface area contributed by atoms with Crippen LogP contribution in [-0.4, -0.2) is 36.4 Å². The van der Waals surface area contributed by atoms with Crippen molar-refractivity contribution in [3.63, 3.8) is 0 Å². The van der Waals surface area contributed by atoms with Gasteiger partial charge in [-0.2, -0.15) is 13.2 Å². The van der Waals surface area contributed by atoms with Crippen LogP contribution in [0, 0.1) is 5.82 Å². The number of ether oxygens (including phenoxy) is 1. The molecule has 0 saturated carbocycles. The van der Waals surface area contributed by atoms with Crippen LogP contribution >= 0.6 is 0 Å². The molecule has 1 amide bonds. The molecule has 8 heteroatoms. The first-order valence-corrected chi connectivity index (χ1v) is 6.55. The van der Waals surface area contributed by atoms with Crippen LogP contribution in [0.25, 0.3) is 0 Å². The summed E-state index contributed by atoms with van der Waals surface area (Å²) < 4.78 is 52.5. The first-order valence-electron chi connectivity index (χ1n) is 6.55. The molecule has 2 unspecified atom stereocenters. The Kier molecular flexibility index (Phi) is 6.76. The molecule has 0 aliphatic rings. The number of carbonyl (C=O) groups excluding carboxylic acids is 1. The highest BCUT2D eigenvalue weighted by Crippen LogP contribution is 2.18. The maximum Gasteiger partial charge on any atom is 0.411 e. The van der Waals surface area contributed by atoms with Gasteiger partial charge in [0.2, 0.25) is 5.91 Å². The van der Waals surface area contributed by atoms with E-state index in [1.54, 1.807) is 6.92 Å². The average Bonchev–Trinajstić information content (AvgIpc) is 2.37. The van der Waals surface area contributed by atoms with E-state index in [2.05, 4.69) is 10.1 Å². The van der Waals surface area contributed by atoms with Gasteiger partial charge in [0.15, 0.2) is 0 Å². The summed E-state index contributed by atoms with van der Waals surface area (Å²) in [4.78, 5) is 11.4. The fourth-order valence-electron chi connectivity index (χ4n) is 1.79. The summed E-state index contributed by atoms with van der Waals surface area (Å²) in [6.45, 7) is -0.613. The Hall–Kier alpha value is -1.67. The molecule has 0 bridgehead atoms. The van der Waals surface area contributed by atoms with Crippen LogP contribution in [-0.2, 0) is 9.53 Å². The average molecular weight is 323 g/mol. The largest absolute Gasteiger partial charge is 0.411 e. The highest BCUT2D eigenvalue weighted by Gasteiger charge is 2.27. The molecule has 0 spiro atoms. The molecule has 0 aromatic heterocycles. The minimum atomic E-state index is -4.48. The maximum absolute atomic E-state index is 12.8. The zero-order valence-corrected chi connectivity index (χ0v) is 11.9. The van der Waals surface area contributed by atoms with E-state index < -0.39 is 43.3 Å². The fourth-order valence-corrected chi connectivity index (χ4v) is 1.79. The van der Waals surface area contributed by atoms with Crippen molar-refractivity contribution < 1.29 is 32.2 Å². The van der Waals surface area contributed by atoms with Crippen LogP contribution in [0.3, 0.4) is 0 Å². The second kappa shape index (κ2) is 8.09. The first kappa shape index (κ1) is 18.4. The van der Waals surface area contributed by atoms with Gasteiger partial charge in [0.25, 0.3) is 0 Å². The van der Waals surface area contributed by atoms with E-state index in [4.69, 9.17) is 0 Å². The van der Waals surface area contributed by atoms with Gasteiger partial charge in [0.1, 0.15) is 19.0 Å². The molecule has 0 aliphatic heterocycles. The minimum Gasteiger partial charge on any atom is -0.388 e. The van der Waals surface area contributed by atoms with E-state index in [0.717, 1.165) is 0 Å². The third-order valence-electron chi connectivity index (χ3n) is 2.74. The molecule has 22 heavy (non-hydrogen) atoms. The van der Waals surface area contributed by atoms with Crippen molar-refractivity contribution in [1.82, 2.24) is 5.32 Å². The lowest BCUT2D eigenvalue weighted by molar-refractivity contribution is -0.175. The number of hydrogen-bond donors (Lipinski definition) is 2. The normalized spacial score (nSPS) is 14.5. The van der Waals surface area contributed by atoms with E-state index in [1.165, 1.54) is 24.3 Å². The minimum absolute atomic E-state index is 0.136. The highest BCUT2D eigenvalue weighted by molar-refractivity contribution is 5.77. The smallest absolute Gasteiger partial charge is 0.388 e. The third-order valence-corrected chi connectivity index (χ3v) is 2.74. The summed E-state index contributed by atoms with van der Waals surface area (Å²) in [7, 11) is 0. The van der Waals surface area contributed by atoms with Gasteiger partial charge >= 0.3 is 6.18 Å². The maximum atomic E-state index is 12.8. The van der Waals surface area contributed by atoms with Gasteiger partial charge in [-0.3, -0.25) is 4.79 Å². The third kappa shape index (κ3) is 7.37. The Labute approximate surface area is 125 Å². The topological polar surface area (TPSA) is 58.6 Å². The Morgan fingerprint density at radius 3 is 2.45 bits per heavy atom. The number of benzene rings is 1. The van der Waals surface area contributed by atoms with E-state index in [9.17, 15) is 27.5 Å². The number of alkyl halides is 3. The van der Waals surface area contributed by atoms with Crippen LogP contribution in [0.1, 0.15) is 25.0 Å². The van der Waals surface area contributed by atoms with Crippen molar-refractivity contribution in [2.45, 2.75) is 31.7 Å². The summed E-state index contributed by atoms with van der Waals surface area (Å²) in [6.07, 6.45) is -5.27. The van der Waals surface area contributed by atoms with Crippen molar-refractivity contribution >= 4 is 5.91 Å². The predicted molar refractivity (Wildman–Crippen MR) is 70.5 cm³/mol.